The monoisotopic (exact) mass is 161 g/mol. The van der Waals surface area contributed by atoms with Gasteiger partial charge in [-0.05, 0) is 6.42 Å². The molecule has 58 valence electrons. The minimum atomic E-state index is -3.10. The summed E-state index contributed by atoms with van der Waals surface area (Å²) in [5, 5.41) is -0.852. The van der Waals surface area contributed by atoms with Gasteiger partial charge in [0.15, 0.2) is 0 Å². The lowest BCUT2D eigenvalue weighted by atomic mass is 10.4. The van der Waals surface area contributed by atoms with Crippen molar-refractivity contribution in [1.82, 2.24) is 0 Å². The highest BCUT2D eigenvalue weighted by atomic mass is 31.2. The fourth-order valence-corrected chi connectivity index (χ4v) is 2.31. The molecule has 1 unspecified atom stereocenters. The summed E-state index contributed by atoms with van der Waals surface area (Å²) in [6.07, 6.45) is 2.24. The highest BCUT2D eigenvalue weighted by Crippen LogP contribution is 2.65. The van der Waals surface area contributed by atoms with Gasteiger partial charge in [0.1, 0.15) is 0 Å². The molecule has 1 saturated carbocycles. The van der Waals surface area contributed by atoms with Gasteiger partial charge in [-0.2, -0.15) is 0 Å². The lowest BCUT2D eigenvalue weighted by molar-refractivity contribution is 0.464. The van der Waals surface area contributed by atoms with Crippen LogP contribution >= 0.6 is 7.37 Å². The molecule has 1 aliphatic rings. The van der Waals surface area contributed by atoms with E-state index in [2.05, 4.69) is 6.58 Å². The zero-order valence-electron chi connectivity index (χ0n) is 5.95. The average Bonchev–Trinajstić information content (AvgIpc) is 2.41. The van der Waals surface area contributed by atoms with Gasteiger partial charge in [-0.15, -0.1) is 6.58 Å². The van der Waals surface area contributed by atoms with E-state index in [4.69, 9.17) is 10.6 Å². The third kappa shape index (κ3) is 0.947. The first kappa shape index (κ1) is 7.99. The van der Waals surface area contributed by atoms with Crippen LogP contribution in [-0.4, -0.2) is 16.8 Å². The van der Waals surface area contributed by atoms with E-state index in [0.717, 1.165) is 0 Å². The maximum atomic E-state index is 11.1. The molecule has 0 bridgehead atoms. The highest BCUT2D eigenvalue weighted by Gasteiger charge is 2.59. The van der Waals surface area contributed by atoms with Crippen molar-refractivity contribution in [3.63, 3.8) is 0 Å². The van der Waals surface area contributed by atoms with Crippen LogP contribution in [0.3, 0.4) is 0 Å². The quantitative estimate of drug-likeness (QED) is 0.464. The van der Waals surface area contributed by atoms with E-state index in [1.165, 1.54) is 6.66 Å². The Morgan fingerprint density at radius 1 is 2.00 bits per heavy atom. The summed E-state index contributed by atoms with van der Waals surface area (Å²) in [5.41, 5.74) is 5.59. The van der Waals surface area contributed by atoms with Crippen LogP contribution in [-0.2, 0) is 4.57 Å². The van der Waals surface area contributed by atoms with Crippen LogP contribution in [0, 0.1) is 5.92 Å². The summed E-state index contributed by atoms with van der Waals surface area (Å²) < 4.78 is 11.1. The highest BCUT2D eigenvalue weighted by molar-refractivity contribution is 7.59. The van der Waals surface area contributed by atoms with E-state index >= 15 is 0 Å². The Morgan fingerprint density at radius 3 is 2.60 bits per heavy atom. The largest absolute Gasteiger partial charge is 0.343 e. The molecule has 1 rings (SSSR count). The number of hydrogen-bond acceptors (Lipinski definition) is 2. The number of hydrogen-bond donors (Lipinski definition) is 2. The fraction of sp³-hybridized carbons (Fsp3) is 0.667. The zero-order chi connectivity index (χ0) is 7.99. The molecule has 0 aromatic heterocycles. The van der Waals surface area contributed by atoms with E-state index in [9.17, 15) is 4.57 Å². The smallest absolute Gasteiger partial charge is 0.217 e. The van der Waals surface area contributed by atoms with Crippen molar-refractivity contribution in [2.45, 2.75) is 11.7 Å². The molecule has 0 radical (unpaired) electrons. The van der Waals surface area contributed by atoms with Crippen molar-refractivity contribution in [2.24, 2.45) is 11.7 Å². The number of rotatable bonds is 2. The molecular formula is C6H12NO2P. The predicted molar refractivity (Wildman–Crippen MR) is 41.0 cm³/mol. The maximum absolute atomic E-state index is 11.1. The summed E-state index contributed by atoms with van der Waals surface area (Å²) in [6.45, 7) is 4.82. The Kier molecular flexibility index (Phi) is 1.55. The van der Waals surface area contributed by atoms with Crippen LogP contribution in [0.2, 0.25) is 0 Å². The Bertz CT molecular complexity index is 210. The lowest BCUT2D eigenvalue weighted by Crippen LogP contribution is -2.23. The van der Waals surface area contributed by atoms with Crippen molar-refractivity contribution in [3.8, 4) is 0 Å². The van der Waals surface area contributed by atoms with Crippen molar-refractivity contribution in [2.75, 3.05) is 6.66 Å². The van der Waals surface area contributed by atoms with Gasteiger partial charge >= 0.3 is 0 Å². The Balaban J connectivity index is 2.77. The Hall–Kier alpha value is -0.110. The standard InChI is InChI=1S/C6H12NO2P/c1-3-5-4-6(5,7)10(2,8)9/h3,5H,1,4,7H2,2H3,(H,8,9)/t5-,6+/m1/s1. The Labute approximate surface area is 60.4 Å². The first-order valence-corrected chi connectivity index (χ1v) is 5.24. The van der Waals surface area contributed by atoms with Crippen LogP contribution in [0.25, 0.3) is 0 Å². The van der Waals surface area contributed by atoms with E-state index in [1.54, 1.807) is 6.08 Å². The van der Waals surface area contributed by atoms with Gasteiger partial charge in [-0.1, -0.05) is 6.08 Å². The molecule has 0 aromatic rings. The van der Waals surface area contributed by atoms with E-state index in [0.29, 0.717) is 6.42 Å². The molecule has 0 amide bonds. The summed E-state index contributed by atoms with van der Waals surface area (Å²) >= 11 is 0. The molecule has 3 atom stereocenters. The van der Waals surface area contributed by atoms with Gasteiger partial charge in [-0.25, -0.2) is 0 Å². The molecule has 3 nitrogen and oxygen atoms in total. The van der Waals surface area contributed by atoms with Crippen LogP contribution in [0.5, 0.6) is 0 Å². The van der Waals surface area contributed by atoms with Gasteiger partial charge < -0.3 is 10.6 Å². The van der Waals surface area contributed by atoms with Crippen molar-refractivity contribution >= 4 is 7.37 Å². The van der Waals surface area contributed by atoms with Crippen molar-refractivity contribution in [3.05, 3.63) is 12.7 Å². The fourth-order valence-electron chi connectivity index (χ4n) is 1.06. The van der Waals surface area contributed by atoms with Crippen molar-refractivity contribution < 1.29 is 9.46 Å². The molecule has 1 fully saturated rings. The lowest BCUT2D eigenvalue weighted by Gasteiger charge is -2.13. The minimum absolute atomic E-state index is 0.0355. The molecule has 0 aliphatic heterocycles. The van der Waals surface area contributed by atoms with Gasteiger partial charge in [0.05, 0.1) is 5.28 Å². The van der Waals surface area contributed by atoms with E-state index in [1.807, 2.05) is 0 Å². The summed E-state index contributed by atoms with van der Waals surface area (Å²) in [7, 11) is -3.10. The van der Waals surface area contributed by atoms with E-state index in [-0.39, 0.29) is 5.92 Å². The summed E-state index contributed by atoms with van der Waals surface area (Å²) in [5.74, 6) is 0.0355. The zero-order valence-corrected chi connectivity index (χ0v) is 6.84. The first-order valence-electron chi connectivity index (χ1n) is 3.13. The van der Waals surface area contributed by atoms with Crippen molar-refractivity contribution in [1.29, 1.82) is 0 Å². The second kappa shape index (κ2) is 1.94. The predicted octanol–water partition coefficient (Wildman–Crippen LogP) is 0.748. The van der Waals surface area contributed by atoms with Gasteiger partial charge in [0, 0.05) is 12.6 Å². The second-order valence-electron chi connectivity index (χ2n) is 2.92. The summed E-state index contributed by atoms with van der Waals surface area (Å²) in [4.78, 5) is 9.10. The Morgan fingerprint density at radius 2 is 2.50 bits per heavy atom. The third-order valence-corrected chi connectivity index (χ3v) is 4.14. The van der Waals surface area contributed by atoms with Gasteiger partial charge in [-0.3, -0.25) is 4.57 Å². The molecular weight excluding hydrogens is 149 g/mol. The molecule has 0 heterocycles. The second-order valence-corrected chi connectivity index (χ2v) is 5.51. The maximum Gasteiger partial charge on any atom is 0.217 e. The molecule has 0 saturated heterocycles. The summed E-state index contributed by atoms with van der Waals surface area (Å²) in [6, 6.07) is 0. The molecule has 10 heavy (non-hydrogen) atoms. The van der Waals surface area contributed by atoms with Gasteiger partial charge in [0.25, 0.3) is 0 Å². The average molecular weight is 161 g/mol. The SMILES string of the molecule is C=C[C@@H]1C[C@]1(N)P(C)(=O)O. The molecule has 4 heteroatoms. The normalized spacial score (nSPS) is 44.1. The molecule has 3 N–H and O–H groups in total. The van der Waals surface area contributed by atoms with Crippen LogP contribution < -0.4 is 5.73 Å². The van der Waals surface area contributed by atoms with Gasteiger partial charge in [0.2, 0.25) is 7.37 Å². The van der Waals surface area contributed by atoms with E-state index < -0.39 is 12.6 Å². The molecule has 0 spiro atoms. The third-order valence-electron chi connectivity index (χ3n) is 2.09. The first-order chi connectivity index (χ1) is 4.42. The van der Waals surface area contributed by atoms with Crippen LogP contribution in [0.15, 0.2) is 12.7 Å². The van der Waals surface area contributed by atoms with Crippen LogP contribution in [0.4, 0.5) is 0 Å². The molecule has 0 aromatic carbocycles. The number of nitrogens with two attached hydrogens (primary N) is 1. The topological polar surface area (TPSA) is 63.3 Å². The molecule has 1 aliphatic carbocycles. The minimum Gasteiger partial charge on any atom is -0.343 e. The van der Waals surface area contributed by atoms with Crippen LogP contribution in [0.1, 0.15) is 6.42 Å².